The Morgan fingerprint density at radius 3 is 2.73 bits per heavy atom. The fourth-order valence-corrected chi connectivity index (χ4v) is 2.14. The summed E-state index contributed by atoms with van der Waals surface area (Å²) in [5, 5.41) is 6.79. The number of nitrogens with zero attached hydrogens (tertiary/aromatic N) is 3. The zero-order valence-electron chi connectivity index (χ0n) is 13.4. The minimum atomic E-state index is -0.168. The lowest BCUT2D eigenvalue weighted by atomic mass is 10.2. The number of carbonyl (C=O) groups is 1. The van der Waals surface area contributed by atoms with Crippen molar-refractivity contribution < 1.29 is 13.7 Å². The van der Waals surface area contributed by atoms with Gasteiger partial charge in [-0.2, -0.15) is 0 Å². The number of aromatic nitrogens is 1. The van der Waals surface area contributed by atoms with Crippen molar-refractivity contribution >= 4 is 6.03 Å². The van der Waals surface area contributed by atoms with Crippen LogP contribution in [0.5, 0.6) is 0 Å². The number of likely N-dealkylation sites (N-methyl/N-ethyl adjacent to an activating group) is 1. The SMILES string of the molecule is Cc1cc(CN(C)C(=O)NC[C@@H](c2ccco2)N(C)C)no1. The summed E-state index contributed by atoms with van der Waals surface area (Å²) in [6, 6.07) is 5.38. The van der Waals surface area contributed by atoms with E-state index in [4.69, 9.17) is 8.94 Å². The van der Waals surface area contributed by atoms with Gasteiger partial charge >= 0.3 is 6.03 Å². The van der Waals surface area contributed by atoms with Crippen LogP contribution in [0, 0.1) is 6.92 Å². The molecule has 2 amide bonds. The molecule has 2 aromatic rings. The van der Waals surface area contributed by atoms with Crippen LogP contribution in [-0.2, 0) is 6.54 Å². The average molecular weight is 306 g/mol. The molecule has 1 atom stereocenters. The Bertz CT molecular complexity index is 592. The molecule has 2 aromatic heterocycles. The average Bonchev–Trinajstić information content (AvgIpc) is 3.10. The van der Waals surface area contributed by atoms with Crippen molar-refractivity contribution in [1.29, 1.82) is 0 Å². The van der Waals surface area contributed by atoms with E-state index in [1.165, 1.54) is 0 Å². The lowest BCUT2D eigenvalue weighted by Gasteiger charge is -2.24. The van der Waals surface area contributed by atoms with Gasteiger partial charge in [-0.1, -0.05) is 5.16 Å². The predicted octanol–water partition coefficient (Wildman–Crippen LogP) is 2.02. The van der Waals surface area contributed by atoms with Crippen LogP contribution in [0.25, 0.3) is 0 Å². The maximum atomic E-state index is 12.2. The molecule has 0 aliphatic carbocycles. The molecular weight excluding hydrogens is 284 g/mol. The van der Waals surface area contributed by atoms with E-state index in [1.807, 2.05) is 44.1 Å². The smallest absolute Gasteiger partial charge is 0.317 e. The number of urea groups is 1. The Morgan fingerprint density at radius 1 is 1.41 bits per heavy atom. The molecule has 1 N–H and O–H groups in total. The third-order valence-electron chi connectivity index (χ3n) is 3.36. The van der Waals surface area contributed by atoms with Crippen molar-refractivity contribution in [3.05, 3.63) is 41.7 Å². The quantitative estimate of drug-likeness (QED) is 0.883. The van der Waals surface area contributed by atoms with E-state index in [2.05, 4.69) is 10.5 Å². The highest BCUT2D eigenvalue weighted by Gasteiger charge is 2.19. The van der Waals surface area contributed by atoms with Gasteiger partial charge in [0, 0.05) is 19.7 Å². The van der Waals surface area contributed by atoms with Gasteiger partial charge in [0.2, 0.25) is 0 Å². The van der Waals surface area contributed by atoms with E-state index < -0.39 is 0 Å². The fourth-order valence-electron chi connectivity index (χ4n) is 2.14. The second-order valence-electron chi connectivity index (χ2n) is 5.47. The summed E-state index contributed by atoms with van der Waals surface area (Å²) in [5.74, 6) is 1.55. The van der Waals surface area contributed by atoms with Gasteiger partial charge in [0.15, 0.2) is 0 Å². The van der Waals surface area contributed by atoms with Crippen LogP contribution in [0.15, 0.2) is 33.4 Å². The normalized spacial score (nSPS) is 12.4. The van der Waals surface area contributed by atoms with Gasteiger partial charge in [-0.05, 0) is 33.2 Å². The summed E-state index contributed by atoms with van der Waals surface area (Å²) in [7, 11) is 5.61. The van der Waals surface area contributed by atoms with E-state index in [-0.39, 0.29) is 12.1 Å². The second-order valence-corrected chi connectivity index (χ2v) is 5.47. The molecule has 7 heteroatoms. The minimum absolute atomic E-state index is 0.0124. The first-order chi connectivity index (χ1) is 10.5. The molecular formula is C15H22N4O3. The summed E-state index contributed by atoms with van der Waals surface area (Å²) < 4.78 is 10.4. The molecule has 22 heavy (non-hydrogen) atoms. The van der Waals surface area contributed by atoms with Crippen molar-refractivity contribution in [2.24, 2.45) is 0 Å². The standard InChI is InChI=1S/C15H22N4O3/c1-11-8-12(17-22-11)10-19(4)15(20)16-9-13(18(2)3)14-6-5-7-21-14/h5-8,13H,9-10H2,1-4H3,(H,16,20)/t13-/m0/s1. The molecule has 0 unspecified atom stereocenters. The predicted molar refractivity (Wildman–Crippen MR) is 81.2 cm³/mol. The third kappa shape index (κ3) is 4.11. The molecule has 0 aliphatic heterocycles. The maximum Gasteiger partial charge on any atom is 0.317 e. The number of aryl methyl sites for hydroxylation is 1. The number of hydrogen-bond acceptors (Lipinski definition) is 5. The van der Waals surface area contributed by atoms with Gasteiger partial charge in [-0.25, -0.2) is 4.79 Å². The van der Waals surface area contributed by atoms with Crippen molar-refractivity contribution in [3.8, 4) is 0 Å². The number of furan rings is 1. The monoisotopic (exact) mass is 306 g/mol. The molecule has 0 aromatic carbocycles. The topological polar surface area (TPSA) is 74.8 Å². The Labute approximate surface area is 129 Å². The molecule has 0 aliphatic rings. The Kier molecular flexibility index (Phi) is 5.21. The summed E-state index contributed by atoms with van der Waals surface area (Å²) in [5.41, 5.74) is 0.727. The summed E-state index contributed by atoms with van der Waals surface area (Å²) in [6.45, 7) is 2.68. The third-order valence-corrected chi connectivity index (χ3v) is 3.36. The van der Waals surface area contributed by atoms with Crippen LogP contribution < -0.4 is 5.32 Å². The van der Waals surface area contributed by atoms with Crippen molar-refractivity contribution in [2.75, 3.05) is 27.7 Å². The van der Waals surface area contributed by atoms with Crippen LogP contribution in [0.4, 0.5) is 4.79 Å². The van der Waals surface area contributed by atoms with Gasteiger partial charge < -0.3 is 19.2 Å². The van der Waals surface area contributed by atoms with Gasteiger partial charge in [0.05, 0.1) is 18.8 Å². The first kappa shape index (κ1) is 16.1. The highest BCUT2D eigenvalue weighted by molar-refractivity contribution is 5.73. The number of carbonyl (C=O) groups excluding carboxylic acids is 1. The van der Waals surface area contributed by atoms with Gasteiger partial charge in [0.1, 0.15) is 17.2 Å². The Morgan fingerprint density at radius 2 is 2.18 bits per heavy atom. The molecule has 7 nitrogen and oxygen atoms in total. The van der Waals surface area contributed by atoms with Crippen molar-refractivity contribution in [2.45, 2.75) is 19.5 Å². The molecule has 2 heterocycles. The summed E-state index contributed by atoms with van der Waals surface area (Å²) >= 11 is 0. The number of nitrogens with one attached hydrogen (secondary N) is 1. The second kappa shape index (κ2) is 7.13. The summed E-state index contributed by atoms with van der Waals surface area (Å²) in [4.78, 5) is 15.7. The van der Waals surface area contributed by atoms with E-state index in [9.17, 15) is 4.79 Å². The molecule has 0 fully saturated rings. The maximum absolute atomic E-state index is 12.2. The van der Waals surface area contributed by atoms with Crippen LogP contribution in [0.3, 0.4) is 0 Å². The number of amides is 2. The zero-order valence-corrected chi connectivity index (χ0v) is 13.4. The molecule has 2 rings (SSSR count). The molecule has 0 bridgehead atoms. The van der Waals surface area contributed by atoms with Crippen molar-refractivity contribution in [1.82, 2.24) is 20.3 Å². The Hall–Kier alpha value is -2.28. The van der Waals surface area contributed by atoms with Crippen LogP contribution in [0.2, 0.25) is 0 Å². The van der Waals surface area contributed by atoms with E-state index in [1.54, 1.807) is 18.2 Å². The zero-order chi connectivity index (χ0) is 16.1. The molecule has 0 radical (unpaired) electrons. The number of hydrogen-bond donors (Lipinski definition) is 1. The lowest BCUT2D eigenvalue weighted by molar-refractivity contribution is 0.196. The minimum Gasteiger partial charge on any atom is -0.468 e. The van der Waals surface area contributed by atoms with Crippen LogP contribution >= 0.6 is 0 Å². The molecule has 0 saturated carbocycles. The summed E-state index contributed by atoms with van der Waals surface area (Å²) in [6.07, 6.45) is 1.63. The first-order valence-electron chi connectivity index (χ1n) is 7.08. The van der Waals surface area contributed by atoms with E-state index >= 15 is 0 Å². The fraction of sp³-hybridized carbons (Fsp3) is 0.467. The molecule has 0 saturated heterocycles. The van der Waals surface area contributed by atoms with Crippen LogP contribution in [0.1, 0.15) is 23.3 Å². The van der Waals surface area contributed by atoms with Gasteiger partial charge in [-0.3, -0.25) is 4.90 Å². The van der Waals surface area contributed by atoms with E-state index in [0.29, 0.717) is 13.1 Å². The highest BCUT2D eigenvalue weighted by Crippen LogP contribution is 2.17. The Balaban J connectivity index is 1.88. The highest BCUT2D eigenvalue weighted by atomic mass is 16.5. The number of rotatable bonds is 6. The molecule has 0 spiro atoms. The van der Waals surface area contributed by atoms with E-state index in [0.717, 1.165) is 17.2 Å². The van der Waals surface area contributed by atoms with Gasteiger partial charge in [0.25, 0.3) is 0 Å². The van der Waals surface area contributed by atoms with Gasteiger partial charge in [-0.15, -0.1) is 0 Å². The largest absolute Gasteiger partial charge is 0.468 e. The lowest BCUT2D eigenvalue weighted by Crippen LogP contribution is -2.41. The van der Waals surface area contributed by atoms with Crippen LogP contribution in [-0.4, -0.2) is 48.7 Å². The first-order valence-corrected chi connectivity index (χ1v) is 7.08. The van der Waals surface area contributed by atoms with Crippen molar-refractivity contribution in [3.63, 3.8) is 0 Å². The molecule has 120 valence electrons.